The lowest BCUT2D eigenvalue weighted by Crippen LogP contribution is -2.61. The molecule has 2 aliphatic rings. The fraction of sp³-hybridized carbons (Fsp3) is 0.435. The van der Waals surface area contributed by atoms with Crippen LogP contribution < -0.4 is 15.1 Å². The zero-order valence-electron chi connectivity index (χ0n) is 16.6. The van der Waals surface area contributed by atoms with Gasteiger partial charge in [0, 0.05) is 42.1 Å². The van der Waals surface area contributed by atoms with Gasteiger partial charge in [0.2, 0.25) is 5.91 Å². The Morgan fingerprint density at radius 3 is 2.82 bits per heavy atom. The number of hydrogen-bond donors (Lipinski definition) is 1. The molecular formula is C23H28ClN3O. The third-order valence-electron chi connectivity index (χ3n) is 6.14. The van der Waals surface area contributed by atoms with Crippen LogP contribution in [0.2, 0.25) is 5.02 Å². The van der Waals surface area contributed by atoms with Crippen LogP contribution in [0.4, 0.5) is 11.4 Å². The van der Waals surface area contributed by atoms with Crippen molar-refractivity contribution < 1.29 is 4.79 Å². The van der Waals surface area contributed by atoms with Crippen molar-refractivity contribution in [1.82, 2.24) is 5.32 Å². The van der Waals surface area contributed by atoms with Crippen LogP contribution in [0, 0.1) is 5.92 Å². The largest absolute Gasteiger partial charge is 0.368 e. The highest BCUT2D eigenvalue weighted by atomic mass is 35.5. The predicted molar refractivity (Wildman–Crippen MR) is 116 cm³/mol. The van der Waals surface area contributed by atoms with Crippen LogP contribution in [0.1, 0.15) is 25.8 Å². The van der Waals surface area contributed by atoms with Gasteiger partial charge in [-0.25, -0.2) is 0 Å². The number of nitrogens with one attached hydrogen (secondary N) is 1. The molecule has 0 unspecified atom stereocenters. The molecular weight excluding hydrogens is 370 g/mol. The van der Waals surface area contributed by atoms with Crippen LogP contribution in [0.15, 0.2) is 48.5 Å². The number of fused-ring (bicyclic) bond motifs is 3. The summed E-state index contributed by atoms with van der Waals surface area (Å²) in [5.41, 5.74) is 3.69. The van der Waals surface area contributed by atoms with Gasteiger partial charge in [-0.15, -0.1) is 0 Å². The van der Waals surface area contributed by atoms with Gasteiger partial charge in [-0.3, -0.25) is 4.79 Å². The molecule has 1 amide bonds. The van der Waals surface area contributed by atoms with E-state index in [0.29, 0.717) is 0 Å². The van der Waals surface area contributed by atoms with E-state index in [-0.39, 0.29) is 23.9 Å². The summed E-state index contributed by atoms with van der Waals surface area (Å²) >= 11 is 6.22. The topological polar surface area (TPSA) is 35.6 Å². The molecule has 2 aromatic rings. The number of nitrogens with zero attached hydrogens (tertiary/aromatic N) is 2. The Bertz CT molecular complexity index is 855. The molecule has 0 aromatic heterocycles. The monoisotopic (exact) mass is 397 g/mol. The van der Waals surface area contributed by atoms with Crippen LogP contribution >= 0.6 is 11.6 Å². The number of carbonyl (C=O) groups is 1. The van der Waals surface area contributed by atoms with Crippen molar-refractivity contribution in [2.24, 2.45) is 5.92 Å². The normalized spacial score (nSPS) is 22.2. The number of para-hydroxylation sites is 1. The van der Waals surface area contributed by atoms with E-state index in [1.54, 1.807) is 0 Å². The summed E-state index contributed by atoms with van der Waals surface area (Å²) < 4.78 is 0. The number of carbonyl (C=O) groups excluding carboxylic acids is 1. The highest BCUT2D eigenvalue weighted by Crippen LogP contribution is 2.37. The highest BCUT2D eigenvalue weighted by molar-refractivity contribution is 6.30. The zero-order chi connectivity index (χ0) is 19.7. The number of amides is 1. The molecule has 1 N–H and O–H groups in total. The molecule has 2 aromatic carbocycles. The number of hydrogen-bond acceptors (Lipinski definition) is 3. The van der Waals surface area contributed by atoms with Gasteiger partial charge in [-0.05, 0) is 49.6 Å². The molecule has 148 valence electrons. The number of anilines is 2. The Balaban J connectivity index is 1.64. The van der Waals surface area contributed by atoms with Crippen molar-refractivity contribution in [2.75, 3.05) is 29.4 Å². The van der Waals surface area contributed by atoms with E-state index in [4.69, 9.17) is 11.6 Å². The Hall–Kier alpha value is -2.20. The van der Waals surface area contributed by atoms with E-state index in [9.17, 15) is 4.79 Å². The summed E-state index contributed by atoms with van der Waals surface area (Å²) in [5.74, 6) is 0.123. The van der Waals surface area contributed by atoms with Gasteiger partial charge in [0.1, 0.15) is 0 Å². The van der Waals surface area contributed by atoms with Gasteiger partial charge >= 0.3 is 0 Å². The maximum Gasteiger partial charge on any atom is 0.225 e. The van der Waals surface area contributed by atoms with E-state index in [1.165, 1.54) is 11.3 Å². The lowest BCUT2D eigenvalue weighted by Gasteiger charge is -2.49. The van der Waals surface area contributed by atoms with E-state index < -0.39 is 0 Å². The molecule has 1 fully saturated rings. The molecule has 2 aliphatic heterocycles. The Morgan fingerprint density at radius 2 is 2.04 bits per heavy atom. The molecule has 4 nitrogen and oxygen atoms in total. The molecule has 0 bridgehead atoms. The van der Waals surface area contributed by atoms with Crippen molar-refractivity contribution >= 4 is 28.9 Å². The Kier molecular flexibility index (Phi) is 5.49. The average molecular weight is 398 g/mol. The van der Waals surface area contributed by atoms with Crippen LogP contribution in [-0.4, -0.2) is 37.6 Å². The van der Waals surface area contributed by atoms with E-state index in [2.05, 4.69) is 59.3 Å². The number of rotatable bonds is 4. The number of benzene rings is 2. The summed E-state index contributed by atoms with van der Waals surface area (Å²) in [4.78, 5) is 18.0. The first-order chi connectivity index (χ1) is 13.6. The standard InChI is InChI=1S/C23H28ClN3O/c1-3-16(2)25-23(28)20-13-17-7-4-5-10-21(17)27-12-11-26(15-22(20)27)19-9-6-8-18(24)14-19/h4-10,14,16,20,22H,3,11-13,15H2,1-2H3,(H,25,28)/t16-,20-,22+/m0/s1. The first-order valence-corrected chi connectivity index (χ1v) is 10.6. The second-order valence-electron chi connectivity index (χ2n) is 7.94. The summed E-state index contributed by atoms with van der Waals surface area (Å²) in [7, 11) is 0. The SMILES string of the molecule is CC[C@H](C)NC(=O)[C@H]1Cc2ccccc2N2CCN(c3cccc(Cl)c3)C[C@H]12. The molecule has 0 spiro atoms. The first kappa shape index (κ1) is 19.1. The summed E-state index contributed by atoms with van der Waals surface area (Å²) in [5, 5.41) is 3.97. The zero-order valence-corrected chi connectivity index (χ0v) is 17.3. The van der Waals surface area contributed by atoms with Gasteiger partial charge in [-0.2, -0.15) is 0 Å². The number of piperazine rings is 1. The Morgan fingerprint density at radius 1 is 1.21 bits per heavy atom. The molecule has 0 saturated carbocycles. The van der Waals surface area contributed by atoms with Crippen LogP contribution in [0.3, 0.4) is 0 Å². The van der Waals surface area contributed by atoms with Gasteiger partial charge in [0.25, 0.3) is 0 Å². The molecule has 1 saturated heterocycles. The fourth-order valence-corrected chi connectivity index (χ4v) is 4.60. The Labute approximate surface area is 172 Å². The average Bonchev–Trinajstić information content (AvgIpc) is 2.72. The molecule has 3 atom stereocenters. The fourth-order valence-electron chi connectivity index (χ4n) is 4.42. The van der Waals surface area contributed by atoms with Gasteiger partial charge in [0.15, 0.2) is 0 Å². The second-order valence-corrected chi connectivity index (χ2v) is 8.38. The molecule has 0 aliphatic carbocycles. The molecule has 4 rings (SSSR count). The maximum absolute atomic E-state index is 13.2. The van der Waals surface area contributed by atoms with Crippen LogP contribution in [0.5, 0.6) is 0 Å². The molecule has 2 heterocycles. The first-order valence-electron chi connectivity index (χ1n) is 10.2. The molecule has 5 heteroatoms. The smallest absolute Gasteiger partial charge is 0.225 e. The minimum Gasteiger partial charge on any atom is -0.368 e. The van der Waals surface area contributed by atoms with Crippen molar-refractivity contribution in [3.05, 3.63) is 59.1 Å². The minimum absolute atomic E-state index is 0.0501. The highest BCUT2D eigenvalue weighted by Gasteiger charge is 2.41. The number of halogens is 1. The van der Waals surface area contributed by atoms with E-state index >= 15 is 0 Å². The summed E-state index contributed by atoms with van der Waals surface area (Å²) in [6, 6.07) is 16.9. The van der Waals surface area contributed by atoms with Gasteiger partial charge < -0.3 is 15.1 Å². The van der Waals surface area contributed by atoms with Crippen LogP contribution in [-0.2, 0) is 11.2 Å². The van der Waals surface area contributed by atoms with Crippen molar-refractivity contribution in [2.45, 2.75) is 38.8 Å². The van der Waals surface area contributed by atoms with Crippen molar-refractivity contribution in [3.8, 4) is 0 Å². The van der Waals surface area contributed by atoms with Gasteiger partial charge in [0.05, 0.1) is 12.0 Å². The second kappa shape index (κ2) is 8.04. The third kappa shape index (κ3) is 3.70. The maximum atomic E-state index is 13.2. The predicted octanol–water partition coefficient (Wildman–Crippen LogP) is 4.12. The lowest BCUT2D eigenvalue weighted by atomic mass is 9.83. The summed E-state index contributed by atoms with van der Waals surface area (Å²) in [6.07, 6.45) is 1.74. The van der Waals surface area contributed by atoms with E-state index in [0.717, 1.165) is 43.2 Å². The third-order valence-corrected chi connectivity index (χ3v) is 6.37. The van der Waals surface area contributed by atoms with Gasteiger partial charge in [-0.1, -0.05) is 42.8 Å². The molecule has 28 heavy (non-hydrogen) atoms. The van der Waals surface area contributed by atoms with Crippen LogP contribution in [0.25, 0.3) is 0 Å². The lowest BCUT2D eigenvalue weighted by molar-refractivity contribution is -0.126. The minimum atomic E-state index is -0.0501. The summed E-state index contributed by atoms with van der Waals surface area (Å²) in [6.45, 7) is 6.83. The van der Waals surface area contributed by atoms with Crippen molar-refractivity contribution in [3.63, 3.8) is 0 Å². The quantitative estimate of drug-likeness (QED) is 0.842. The molecule has 0 radical (unpaired) electrons. The van der Waals surface area contributed by atoms with Crippen molar-refractivity contribution in [1.29, 1.82) is 0 Å². The van der Waals surface area contributed by atoms with E-state index in [1.807, 2.05) is 18.2 Å².